The number of hydrogen-bond donors (Lipinski definition) is 2. The van der Waals surface area contributed by atoms with Gasteiger partial charge in [0.25, 0.3) is 0 Å². The highest BCUT2D eigenvalue weighted by Crippen LogP contribution is 2.32. The number of carbonyl (C=O) groups excluding carboxylic acids is 1. The van der Waals surface area contributed by atoms with Gasteiger partial charge in [0.15, 0.2) is 6.29 Å². The van der Waals surface area contributed by atoms with E-state index in [1.807, 2.05) is 13.8 Å². The SMILES string of the molecule is CC(C)C[C@H](NC(=O)O[C@H]1CO[C@H]2OCC[C@H]21)C(=O)O. The number of ether oxygens (including phenoxy) is 3. The van der Waals surface area contributed by atoms with Crippen LogP contribution in [0.25, 0.3) is 0 Å². The quantitative estimate of drug-likeness (QED) is 0.782. The summed E-state index contributed by atoms with van der Waals surface area (Å²) in [6.45, 7) is 4.69. The van der Waals surface area contributed by atoms with Crippen molar-refractivity contribution in [2.75, 3.05) is 13.2 Å². The van der Waals surface area contributed by atoms with Crippen LogP contribution in [0.2, 0.25) is 0 Å². The van der Waals surface area contributed by atoms with E-state index in [1.54, 1.807) is 0 Å². The summed E-state index contributed by atoms with van der Waals surface area (Å²) >= 11 is 0. The Bertz CT molecular complexity index is 372. The molecule has 0 radical (unpaired) electrons. The normalized spacial score (nSPS) is 30.1. The van der Waals surface area contributed by atoms with Gasteiger partial charge < -0.3 is 24.6 Å². The Kier molecular flexibility index (Phi) is 4.82. The van der Waals surface area contributed by atoms with Gasteiger partial charge in [-0.05, 0) is 18.8 Å². The molecule has 0 bridgehead atoms. The number of aliphatic carboxylic acids is 1. The molecule has 2 aliphatic rings. The summed E-state index contributed by atoms with van der Waals surface area (Å²) in [4.78, 5) is 22.9. The Balaban J connectivity index is 1.83. The second-order valence-corrected chi connectivity index (χ2v) is 5.63. The first-order valence-corrected chi connectivity index (χ1v) is 6.90. The summed E-state index contributed by atoms with van der Waals surface area (Å²) in [5, 5.41) is 11.5. The predicted octanol–water partition coefficient (Wildman–Crippen LogP) is 0.973. The minimum absolute atomic E-state index is 0.0501. The molecular formula is C13H21NO6. The lowest BCUT2D eigenvalue weighted by molar-refractivity contribution is -0.139. The van der Waals surface area contributed by atoms with Crippen LogP contribution in [0.3, 0.4) is 0 Å². The topological polar surface area (TPSA) is 94.1 Å². The molecule has 114 valence electrons. The largest absolute Gasteiger partial charge is 0.480 e. The first-order chi connectivity index (χ1) is 9.47. The van der Waals surface area contributed by atoms with E-state index in [2.05, 4.69) is 5.32 Å². The first kappa shape index (κ1) is 15.1. The fraction of sp³-hybridized carbons (Fsp3) is 0.846. The molecule has 2 saturated heterocycles. The molecule has 1 amide bonds. The molecule has 0 aromatic carbocycles. The zero-order chi connectivity index (χ0) is 14.7. The van der Waals surface area contributed by atoms with Gasteiger partial charge in [0.2, 0.25) is 0 Å². The predicted molar refractivity (Wildman–Crippen MR) is 68.1 cm³/mol. The van der Waals surface area contributed by atoms with E-state index in [4.69, 9.17) is 19.3 Å². The molecule has 7 heteroatoms. The highest BCUT2D eigenvalue weighted by atomic mass is 16.7. The molecule has 2 aliphatic heterocycles. The number of alkyl carbamates (subject to hydrolysis) is 1. The van der Waals surface area contributed by atoms with Crippen LogP contribution in [0.4, 0.5) is 4.79 Å². The summed E-state index contributed by atoms with van der Waals surface area (Å²) in [5.41, 5.74) is 0. The van der Waals surface area contributed by atoms with Gasteiger partial charge in [0, 0.05) is 0 Å². The van der Waals surface area contributed by atoms with Gasteiger partial charge in [-0.1, -0.05) is 13.8 Å². The van der Waals surface area contributed by atoms with Gasteiger partial charge in [-0.3, -0.25) is 0 Å². The Hall–Kier alpha value is -1.34. The second-order valence-electron chi connectivity index (χ2n) is 5.63. The van der Waals surface area contributed by atoms with Gasteiger partial charge in [-0.25, -0.2) is 9.59 Å². The molecule has 0 aliphatic carbocycles. The van der Waals surface area contributed by atoms with Gasteiger partial charge in [0.1, 0.15) is 12.1 Å². The number of nitrogens with one attached hydrogen (secondary N) is 1. The number of carbonyl (C=O) groups is 2. The van der Waals surface area contributed by atoms with Crippen molar-refractivity contribution in [3.63, 3.8) is 0 Å². The molecule has 2 N–H and O–H groups in total. The van der Waals surface area contributed by atoms with E-state index in [0.29, 0.717) is 19.6 Å². The Morgan fingerprint density at radius 2 is 2.15 bits per heavy atom. The van der Waals surface area contributed by atoms with E-state index in [0.717, 1.165) is 6.42 Å². The first-order valence-electron chi connectivity index (χ1n) is 6.90. The lowest BCUT2D eigenvalue weighted by atomic mass is 10.0. The zero-order valence-electron chi connectivity index (χ0n) is 11.7. The molecule has 0 spiro atoms. The summed E-state index contributed by atoms with van der Waals surface area (Å²) in [6, 6.07) is -0.930. The van der Waals surface area contributed by atoms with Crippen molar-refractivity contribution in [1.29, 1.82) is 0 Å². The van der Waals surface area contributed by atoms with Gasteiger partial charge in [-0.2, -0.15) is 0 Å². The number of carboxylic acid groups (broad SMARTS) is 1. The summed E-state index contributed by atoms with van der Waals surface area (Å²) < 4.78 is 16.0. The third-order valence-electron chi connectivity index (χ3n) is 3.54. The Morgan fingerprint density at radius 3 is 2.80 bits per heavy atom. The van der Waals surface area contributed by atoms with E-state index in [1.165, 1.54) is 0 Å². The molecule has 2 rings (SSSR count). The molecule has 2 heterocycles. The van der Waals surface area contributed by atoms with Crippen LogP contribution in [0.5, 0.6) is 0 Å². The van der Waals surface area contributed by atoms with E-state index >= 15 is 0 Å². The maximum atomic E-state index is 11.8. The van der Waals surface area contributed by atoms with Crippen LogP contribution >= 0.6 is 0 Å². The Morgan fingerprint density at radius 1 is 1.40 bits per heavy atom. The maximum absolute atomic E-state index is 11.8. The number of fused-ring (bicyclic) bond motifs is 1. The fourth-order valence-electron chi connectivity index (χ4n) is 2.55. The number of hydrogen-bond acceptors (Lipinski definition) is 5. The molecule has 4 atom stereocenters. The van der Waals surface area contributed by atoms with Crippen LogP contribution < -0.4 is 5.32 Å². The lowest BCUT2D eigenvalue weighted by Gasteiger charge is -2.20. The summed E-state index contributed by atoms with van der Waals surface area (Å²) in [5.74, 6) is -0.839. The molecule has 20 heavy (non-hydrogen) atoms. The lowest BCUT2D eigenvalue weighted by Crippen LogP contribution is -2.43. The fourth-order valence-corrected chi connectivity index (χ4v) is 2.55. The van der Waals surface area contributed by atoms with E-state index in [-0.39, 0.29) is 24.2 Å². The third-order valence-corrected chi connectivity index (χ3v) is 3.54. The Labute approximate surface area is 117 Å². The number of carboxylic acids is 1. The molecule has 7 nitrogen and oxygen atoms in total. The minimum Gasteiger partial charge on any atom is -0.480 e. The van der Waals surface area contributed by atoms with Crippen molar-refractivity contribution in [2.45, 2.75) is 45.1 Å². The molecule has 0 unspecified atom stereocenters. The van der Waals surface area contributed by atoms with Crippen molar-refractivity contribution >= 4 is 12.1 Å². The average molecular weight is 287 g/mol. The second kappa shape index (κ2) is 6.41. The molecule has 0 saturated carbocycles. The van der Waals surface area contributed by atoms with E-state index in [9.17, 15) is 9.59 Å². The van der Waals surface area contributed by atoms with Crippen LogP contribution in [0.1, 0.15) is 26.7 Å². The van der Waals surface area contributed by atoms with Crippen LogP contribution in [0.15, 0.2) is 0 Å². The van der Waals surface area contributed by atoms with Crippen molar-refractivity contribution in [3.05, 3.63) is 0 Å². The molecule has 0 aromatic heterocycles. The van der Waals surface area contributed by atoms with Crippen LogP contribution in [0, 0.1) is 11.8 Å². The number of rotatable bonds is 5. The molecule has 0 aromatic rings. The van der Waals surface area contributed by atoms with Gasteiger partial charge in [0.05, 0.1) is 19.1 Å². The molecular weight excluding hydrogens is 266 g/mol. The van der Waals surface area contributed by atoms with Crippen LogP contribution in [-0.4, -0.2) is 48.8 Å². The zero-order valence-corrected chi connectivity index (χ0v) is 11.7. The average Bonchev–Trinajstić information content (AvgIpc) is 2.92. The summed E-state index contributed by atoms with van der Waals surface area (Å²) in [6.07, 6.45) is -0.216. The smallest absolute Gasteiger partial charge is 0.408 e. The highest BCUT2D eigenvalue weighted by molar-refractivity contribution is 5.79. The van der Waals surface area contributed by atoms with Gasteiger partial charge >= 0.3 is 12.1 Å². The minimum atomic E-state index is -1.06. The molecule has 2 fully saturated rings. The van der Waals surface area contributed by atoms with Crippen molar-refractivity contribution in [1.82, 2.24) is 5.32 Å². The van der Waals surface area contributed by atoms with Crippen molar-refractivity contribution in [2.24, 2.45) is 11.8 Å². The third kappa shape index (κ3) is 3.61. The van der Waals surface area contributed by atoms with Crippen molar-refractivity contribution in [3.8, 4) is 0 Å². The number of amides is 1. The monoisotopic (exact) mass is 287 g/mol. The van der Waals surface area contributed by atoms with Gasteiger partial charge in [-0.15, -0.1) is 0 Å². The van der Waals surface area contributed by atoms with Crippen LogP contribution in [-0.2, 0) is 19.0 Å². The standard InChI is InChI=1S/C13H21NO6/c1-7(2)5-9(11(15)16)14-13(17)20-10-6-19-12-8(10)3-4-18-12/h7-10,12H,3-6H2,1-2H3,(H,14,17)(H,15,16)/t8-,9-,10-,12+/m0/s1. The maximum Gasteiger partial charge on any atom is 0.408 e. The van der Waals surface area contributed by atoms with Crippen molar-refractivity contribution < 1.29 is 28.9 Å². The van der Waals surface area contributed by atoms with E-state index < -0.39 is 18.1 Å². The summed E-state index contributed by atoms with van der Waals surface area (Å²) in [7, 11) is 0. The highest BCUT2D eigenvalue weighted by Gasteiger charge is 2.44.